The Kier molecular flexibility index (Phi) is 3.96. The molecule has 0 bridgehead atoms. The maximum Gasteiger partial charge on any atom is 0.401 e. The average Bonchev–Trinajstić information content (AvgIpc) is 1.99. The first-order valence-electron chi connectivity index (χ1n) is 4.88. The van der Waals surface area contributed by atoms with Crippen LogP contribution >= 0.6 is 0 Å². The predicted molar refractivity (Wildman–Crippen MR) is 47.5 cm³/mol. The molecular weight excluding hydrogens is 211 g/mol. The van der Waals surface area contributed by atoms with Crippen LogP contribution in [-0.4, -0.2) is 41.8 Å². The quantitative estimate of drug-likeness (QED) is 0.795. The van der Waals surface area contributed by atoms with E-state index in [9.17, 15) is 18.0 Å². The lowest BCUT2D eigenvalue weighted by Crippen LogP contribution is -2.41. The second-order valence-corrected chi connectivity index (χ2v) is 3.96. The van der Waals surface area contributed by atoms with Crippen molar-refractivity contribution < 1.29 is 23.1 Å². The highest BCUT2D eigenvalue weighted by Gasteiger charge is 2.33. The van der Waals surface area contributed by atoms with Crippen molar-refractivity contribution in [1.29, 1.82) is 0 Å². The van der Waals surface area contributed by atoms with Gasteiger partial charge in [0.05, 0.1) is 6.54 Å². The Morgan fingerprint density at radius 2 is 2.13 bits per heavy atom. The Morgan fingerprint density at radius 1 is 1.47 bits per heavy atom. The van der Waals surface area contributed by atoms with E-state index in [0.717, 1.165) is 0 Å². The summed E-state index contributed by atoms with van der Waals surface area (Å²) in [6, 6.07) is 0. The topological polar surface area (TPSA) is 40.5 Å². The molecule has 1 saturated heterocycles. The van der Waals surface area contributed by atoms with Crippen molar-refractivity contribution in [2.45, 2.75) is 25.4 Å². The van der Waals surface area contributed by atoms with Gasteiger partial charge in [0.1, 0.15) is 0 Å². The van der Waals surface area contributed by atoms with Crippen molar-refractivity contribution in [2.24, 2.45) is 5.92 Å². The molecule has 1 aliphatic heterocycles. The molecule has 1 unspecified atom stereocenters. The maximum absolute atomic E-state index is 12.1. The zero-order valence-electron chi connectivity index (χ0n) is 8.26. The number of halogens is 3. The summed E-state index contributed by atoms with van der Waals surface area (Å²) in [4.78, 5) is 11.7. The molecule has 0 radical (unpaired) electrons. The molecule has 1 atom stereocenters. The van der Waals surface area contributed by atoms with Crippen molar-refractivity contribution in [3.05, 3.63) is 0 Å². The average molecular weight is 225 g/mol. The second-order valence-electron chi connectivity index (χ2n) is 3.96. The minimum atomic E-state index is -4.19. The van der Waals surface area contributed by atoms with E-state index in [0.29, 0.717) is 19.4 Å². The van der Waals surface area contributed by atoms with Gasteiger partial charge in [0, 0.05) is 13.0 Å². The molecule has 1 N–H and O–H groups in total. The van der Waals surface area contributed by atoms with Gasteiger partial charge in [-0.15, -0.1) is 0 Å². The summed E-state index contributed by atoms with van der Waals surface area (Å²) >= 11 is 0. The number of carboxylic acid groups (broad SMARTS) is 1. The van der Waals surface area contributed by atoms with Gasteiger partial charge in [-0.3, -0.25) is 9.69 Å². The molecule has 1 aliphatic rings. The Morgan fingerprint density at radius 3 is 2.67 bits per heavy atom. The molecule has 6 heteroatoms. The molecule has 15 heavy (non-hydrogen) atoms. The summed E-state index contributed by atoms with van der Waals surface area (Å²) in [5, 5.41) is 8.54. The van der Waals surface area contributed by atoms with Crippen LogP contribution < -0.4 is 0 Å². The van der Waals surface area contributed by atoms with Crippen LogP contribution in [-0.2, 0) is 4.79 Å². The van der Waals surface area contributed by atoms with Crippen LogP contribution in [0.1, 0.15) is 19.3 Å². The number of nitrogens with zero attached hydrogens (tertiary/aromatic N) is 1. The van der Waals surface area contributed by atoms with Gasteiger partial charge in [0.25, 0.3) is 0 Å². The van der Waals surface area contributed by atoms with E-state index in [-0.39, 0.29) is 18.9 Å². The van der Waals surface area contributed by atoms with E-state index in [1.165, 1.54) is 4.90 Å². The highest BCUT2D eigenvalue weighted by atomic mass is 19.4. The lowest BCUT2D eigenvalue weighted by Gasteiger charge is -2.32. The summed E-state index contributed by atoms with van der Waals surface area (Å²) in [5.74, 6) is -1.08. The fraction of sp³-hybridized carbons (Fsp3) is 0.889. The number of rotatable bonds is 3. The van der Waals surface area contributed by atoms with Crippen molar-refractivity contribution in [3.63, 3.8) is 0 Å². The Bertz CT molecular complexity index is 230. The minimum Gasteiger partial charge on any atom is -0.481 e. The Labute approximate surface area is 85.9 Å². The highest BCUT2D eigenvalue weighted by molar-refractivity contribution is 5.67. The first kappa shape index (κ1) is 12.3. The zero-order valence-corrected chi connectivity index (χ0v) is 8.26. The molecule has 0 aromatic heterocycles. The van der Waals surface area contributed by atoms with Crippen LogP contribution in [0.3, 0.4) is 0 Å². The molecule has 0 amide bonds. The molecule has 0 saturated carbocycles. The van der Waals surface area contributed by atoms with Crippen LogP contribution in [0, 0.1) is 5.92 Å². The molecule has 0 spiro atoms. The first-order valence-corrected chi connectivity index (χ1v) is 4.88. The van der Waals surface area contributed by atoms with Crippen LogP contribution in [0.5, 0.6) is 0 Å². The fourth-order valence-electron chi connectivity index (χ4n) is 1.96. The van der Waals surface area contributed by atoms with Crippen molar-refractivity contribution >= 4 is 5.97 Å². The third-order valence-electron chi connectivity index (χ3n) is 2.47. The van der Waals surface area contributed by atoms with Gasteiger partial charge in [0.15, 0.2) is 0 Å². The van der Waals surface area contributed by atoms with Crippen LogP contribution in [0.4, 0.5) is 13.2 Å². The van der Waals surface area contributed by atoms with Gasteiger partial charge >= 0.3 is 12.1 Å². The molecule has 3 nitrogen and oxygen atoms in total. The normalized spacial score (nSPS) is 24.1. The summed E-state index contributed by atoms with van der Waals surface area (Å²) in [6.45, 7) is -0.273. The molecule has 1 heterocycles. The standard InChI is InChI=1S/C9H14F3NO2/c10-9(11,12)6-13-3-1-2-7(5-13)4-8(14)15/h7H,1-6H2,(H,14,15). The number of hydrogen-bond acceptors (Lipinski definition) is 2. The third-order valence-corrected chi connectivity index (χ3v) is 2.47. The highest BCUT2D eigenvalue weighted by Crippen LogP contribution is 2.23. The van der Waals surface area contributed by atoms with Crippen molar-refractivity contribution in [1.82, 2.24) is 4.90 Å². The SMILES string of the molecule is O=C(O)CC1CCCN(CC(F)(F)F)C1. The van der Waals surface area contributed by atoms with Gasteiger partial charge in [-0.25, -0.2) is 0 Å². The molecule has 1 rings (SSSR count). The minimum absolute atomic E-state index is 0.0334. The number of carbonyl (C=O) groups is 1. The third kappa shape index (κ3) is 5.01. The maximum atomic E-state index is 12.1. The van der Waals surface area contributed by atoms with Crippen molar-refractivity contribution in [2.75, 3.05) is 19.6 Å². The van der Waals surface area contributed by atoms with E-state index in [1.807, 2.05) is 0 Å². The Hall–Kier alpha value is -0.780. The first-order chi connectivity index (χ1) is 6.87. The molecule has 1 fully saturated rings. The molecule has 0 aliphatic carbocycles. The molecule has 0 aromatic carbocycles. The van der Waals surface area contributed by atoms with E-state index >= 15 is 0 Å². The fourth-order valence-corrected chi connectivity index (χ4v) is 1.96. The molecular formula is C9H14F3NO2. The predicted octanol–water partition coefficient (Wildman–Crippen LogP) is 1.74. The largest absolute Gasteiger partial charge is 0.481 e. The second kappa shape index (κ2) is 4.83. The number of piperidine rings is 1. The van der Waals surface area contributed by atoms with Crippen molar-refractivity contribution in [3.8, 4) is 0 Å². The summed E-state index contributed by atoms with van der Waals surface area (Å²) < 4.78 is 36.2. The van der Waals surface area contributed by atoms with Crippen LogP contribution in [0.2, 0.25) is 0 Å². The summed E-state index contributed by atoms with van der Waals surface area (Å²) in [7, 11) is 0. The smallest absolute Gasteiger partial charge is 0.401 e. The van der Waals surface area contributed by atoms with E-state index in [1.54, 1.807) is 0 Å². The number of alkyl halides is 3. The number of hydrogen-bond donors (Lipinski definition) is 1. The lowest BCUT2D eigenvalue weighted by atomic mass is 9.95. The van der Waals surface area contributed by atoms with E-state index < -0.39 is 18.7 Å². The van der Waals surface area contributed by atoms with Gasteiger partial charge in [-0.05, 0) is 25.3 Å². The monoisotopic (exact) mass is 225 g/mol. The van der Waals surface area contributed by atoms with Gasteiger partial charge in [-0.2, -0.15) is 13.2 Å². The number of likely N-dealkylation sites (tertiary alicyclic amines) is 1. The summed E-state index contributed by atoms with van der Waals surface area (Å²) in [5.41, 5.74) is 0. The van der Waals surface area contributed by atoms with E-state index in [4.69, 9.17) is 5.11 Å². The zero-order chi connectivity index (χ0) is 11.5. The van der Waals surface area contributed by atoms with Gasteiger partial charge in [0.2, 0.25) is 0 Å². The Balaban J connectivity index is 2.38. The number of carboxylic acids is 1. The van der Waals surface area contributed by atoms with Crippen LogP contribution in [0.25, 0.3) is 0 Å². The van der Waals surface area contributed by atoms with Gasteiger partial charge in [-0.1, -0.05) is 0 Å². The molecule has 0 aromatic rings. The lowest BCUT2D eigenvalue weighted by molar-refractivity contribution is -0.150. The van der Waals surface area contributed by atoms with E-state index in [2.05, 4.69) is 0 Å². The summed E-state index contributed by atoms with van der Waals surface area (Å²) in [6.07, 6.45) is -2.87. The van der Waals surface area contributed by atoms with Gasteiger partial charge < -0.3 is 5.11 Å². The number of aliphatic carboxylic acids is 1. The molecule has 88 valence electrons. The van der Waals surface area contributed by atoms with Crippen LogP contribution in [0.15, 0.2) is 0 Å².